The predicted octanol–water partition coefficient (Wildman–Crippen LogP) is 3.08. The second-order valence-electron chi connectivity index (χ2n) is 5.82. The van der Waals surface area contributed by atoms with Gasteiger partial charge in [-0.1, -0.05) is 19.9 Å². The highest BCUT2D eigenvalue weighted by Crippen LogP contribution is 2.18. The van der Waals surface area contributed by atoms with Crippen LogP contribution in [0.1, 0.15) is 45.0 Å². The highest BCUT2D eigenvalue weighted by molar-refractivity contribution is 7.98. The summed E-state index contributed by atoms with van der Waals surface area (Å²) in [5, 5.41) is 11.6. The summed E-state index contributed by atoms with van der Waals surface area (Å²) in [6.07, 6.45) is 6.33. The number of hydrogen-bond donors (Lipinski definition) is 1. The van der Waals surface area contributed by atoms with Gasteiger partial charge in [0.2, 0.25) is 5.91 Å². The van der Waals surface area contributed by atoms with Crippen LogP contribution in [0.3, 0.4) is 0 Å². The molecule has 22 heavy (non-hydrogen) atoms. The number of nitrogens with zero attached hydrogens (tertiary/aromatic N) is 3. The lowest BCUT2D eigenvalue weighted by Crippen LogP contribution is -2.30. The SMILES string of the molecule is CSCCC(NC(=O)CCC(C)C)c1nnc2ccccn12. The molecule has 2 heterocycles. The molecule has 0 aliphatic heterocycles. The topological polar surface area (TPSA) is 59.3 Å². The predicted molar refractivity (Wildman–Crippen MR) is 90.9 cm³/mol. The molecule has 0 aromatic carbocycles. The fraction of sp³-hybridized carbons (Fsp3) is 0.562. The van der Waals surface area contributed by atoms with E-state index in [4.69, 9.17) is 0 Å². The summed E-state index contributed by atoms with van der Waals surface area (Å²) in [4.78, 5) is 12.2. The fourth-order valence-electron chi connectivity index (χ4n) is 2.29. The van der Waals surface area contributed by atoms with E-state index in [1.165, 1.54) is 0 Å². The number of rotatable bonds is 8. The summed E-state index contributed by atoms with van der Waals surface area (Å²) in [5.41, 5.74) is 0.808. The Morgan fingerprint density at radius 2 is 2.14 bits per heavy atom. The van der Waals surface area contributed by atoms with E-state index in [2.05, 4.69) is 35.6 Å². The molecule has 0 saturated heterocycles. The number of hydrogen-bond acceptors (Lipinski definition) is 4. The number of thioether (sulfide) groups is 1. The van der Waals surface area contributed by atoms with E-state index < -0.39 is 0 Å². The molecule has 1 amide bonds. The minimum atomic E-state index is -0.0930. The number of amides is 1. The number of aromatic nitrogens is 3. The van der Waals surface area contributed by atoms with Gasteiger partial charge in [-0.05, 0) is 42.9 Å². The molecule has 1 atom stereocenters. The Morgan fingerprint density at radius 1 is 1.32 bits per heavy atom. The normalized spacial score (nSPS) is 12.7. The number of pyridine rings is 1. The molecule has 2 aromatic heterocycles. The van der Waals surface area contributed by atoms with E-state index in [0.717, 1.165) is 30.1 Å². The molecular weight excluding hydrogens is 296 g/mol. The van der Waals surface area contributed by atoms with Crippen molar-refractivity contribution in [1.29, 1.82) is 0 Å². The van der Waals surface area contributed by atoms with Gasteiger partial charge in [0.1, 0.15) is 0 Å². The Bertz CT molecular complexity index is 611. The second-order valence-corrected chi connectivity index (χ2v) is 6.81. The molecule has 0 bridgehead atoms. The number of carbonyl (C=O) groups excluding carboxylic acids is 1. The summed E-state index contributed by atoms with van der Waals surface area (Å²) < 4.78 is 1.95. The molecule has 0 radical (unpaired) electrons. The van der Waals surface area contributed by atoms with Crippen molar-refractivity contribution in [3.63, 3.8) is 0 Å². The highest BCUT2D eigenvalue weighted by atomic mass is 32.2. The van der Waals surface area contributed by atoms with Gasteiger partial charge in [-0.3, -0.25) is 9.20 Å². The quantitative estimate of drug-likeness (QED) is 0.812. The number of nitrogens with one attached hydrogen (secondary N) is 1. The van der Waals surface area contributed by atoms with E-state index in [-0.39, 0.29) is 11.9 Å². The van der Waals surface area contributed by atoms with E-state index in [1.807, 2.05) is 28.8 Å². The number of fused-ring (bicyclic) bond motifs is 1. The van der Waals surface area contributed by atoms with Gasteiger partial charge in [-0.2, -0.15) is 11.8 Å². The molecule has 5 nitrogen and oxygen atoms in total. The van der Waals surface area contributed by atoms with Crippen molar-refractivity contribution in [2.24, 2.45) is 5.92 Å². The van der Waals surface area contributed by atoms with Crippen LogP contribution in [0.4, 0.5) is 0 Å². The minimum absolute atomic E-state index is 0.0903. The smallest absolute Gasteiger partial charge is 0.220 e. The lowest BCUT2D eigenvalue weighted by atomic mass is 10.1. The van der Waals surface area contributed by atoms with Gasteiger partial charge in [-0.25, -0.2) is 0 Å². The van der Waals surface area contributed by atoms with Gasteiger partial charge < -0.3 is 5.32 Å². The Hall–Kier alpha value is -1.56. The van der Waals surface area contributed by atoms with Crippen LogP contribution in [-0.2, 0) is 4.79 Å². The van der Waals surface area contributed by atoms with Crippen molar-refractivity contribution < 1.29 is 4.79 Å². The maximum Gasteiger partial charge on any atom is 0.220 e. The first-order valence-corrected chi connectivity index (χ1v) is 9.09. The maximum atomic E-state index is 12.2. The third-order valence-electron chi connectivity index (χ3n) is 3.55. The van der Waals surface area contributed by atoms with Gasteiger partial charge in [0.15, 0.2) is 11.5 Å². The van der Waals surface area contributed by atoms with E-state index >= 15 is 0 Å². The molecule has 2 aromatic rings. The van der Waals surface area contributed by atoms with Crippen molar-refractivity contribution in [3.8, 4) is 0 Å². The fourth-order valence-corrected chi connectivity index (χ4v) is 2.76. The van der Waals surface area contributed by atoms with Gasteiger partial charge in [0, 0.05) is 12.6 Å². The zero-order chi connectivity index (χ0) is 15.9. The Balaban J connectivity index is 2.13. The molecule has 0 saturated carbocycles. The van der Waals surface area contributed by atoms with Gasteiger partial charge in [0.25, 0.3) is 0 Å². The molecular formula is C16H24N4OS. The molecule has 0 aliphatic carbocycles. The highest BCUT2D eigenvalue weighted by Gasteiger charge is 2.20. The molecule has 0 fully saturated rings. The van der Waals surface area contributed by atoms with E-state index in [0.29, 0.717) is 12.3 Å². The molecule has 2 rings (SSSR count). The Kier molecular flexibility index (Phi) is 6.24. The molecule has 0 aliphatic rings. The first kappa shape index (κ1) is 16.8. The van der Waals surface area contributed by atoms with Crippen LogP contribution in [0.15, 0.2) is 24.4 Å². The minimum Gasteiger partial charge on any atom is -0.346 e. The zero-order valence-corrected chi connectivity index (χ0v) is 14.3. The molecule has 6 heteroatoms. The Morgan fingerprint density at radius 3 is 2.86 bits per heavy atom. The van der Waals surface area contributed by atoms with Crippen molar-refractivity contribution in [1.82, 2.24) is 19.9 Å². The average Bonchev–Trinajstić information content (AvgIpc) is 2.93. The van der Waals surface area contributed by atoms with Crippen molar-refractivity contribution in [3.05, 3.63) is 30.2 Å². The molecule has 1 unspecified atom stereocenters. The molecule has 120 valence electrons. The number of carbonyl (C=O) groups is 1. The van der Waals surface area contributed by atoms with Gasteiger partial charge >= 0.3 is 0 Å². The maximum absolute atomic E-state index is 12.2. The summed E-state index contributed by atoms with van der Waals surface area (Å²) >= 11 is 1.77. The van der Waals surface area contributed by atoms with E-state index in [9.17, 15) is 4.79 Å². The van der Waals surface area contributed by atoms with Crippen LogP contribution in [0.5, 0.6) is 0 Å². The lowest BCUT2D eigenvalue weighted by Gasteiger charge is -2.17. The van der Waals surface area contributed by atoms with Crippen LogP contribution in [-0.4, -0.2) is 32.5 Å². The van der Waals surface area contributed by atoms with Crippen LogP contribution < -0.4 is 5.32 Å². The first-order valence-electron chi connectivity index (χ1n) is 7.69. The Labute approximate surface area is 135 Å². The largest absolute Gasteiger partial charge is 0.346 e. The van der Waals surface area contributed by atoms with Crippen LogP contribution in [0, 0.1) is 5.92 Å². The van der Waals surface area contributed by atoms with Crippen LogP contribution in [0.2, 0.25) is 0 Å². The third kappa shape index (κ3) is 4.47. The van der Waals surface area contributed by atoms with Crippen LogP contribution >= 0.6 is 11.8 Å². The molecule has 0 spiro atoms. The lowest BCUT2D eigenvalue weighted by molar-refractivity contribution is -0.122. The van der Waals surface area contributed by atoms with Gasteiger partial charge in [0.05, 0.1) is 6.04 Å². The van der Waals surface area contributed by atoms with Crippen molar-refractivity contribution >= 4 is 23.3 Å². The summed E-state index contributed by atoms with van der Waals surface area (Å²) in [7, 11) is 0. The van der Waals surface area contributed by atoms with Crippen molar-refractivity contribution in [2.75, 3.05) is 12.0 Å². The summed E-state index contributed by atoms with van der Waals surface area (Å²) in [6, 6.07) is 5.71. The van der Waals surface area contributed by atoms with Crippen LogP contribution in [0.25, 0.3) is 5.65 Å². The average molecular weight is 320 g/mol. The molecule has 1 N–H and O–H groups in total. The standard InChI is InChI=1S/C16H24N4OS/c1-12(2)7-8-15(21)17-13(9-11-22-3)16-19-18-14-6-4-5-10-20(14)16/h4-6,10,12-13H,7-9,11H2,1-3H3,(H,17,21). The van der Waals surface area contributed by atoms with E-state index in [1.54, 1.807) is 11.8 Å². The summed E-state index contributed by atoms with van der Waals surface area (Å²) in [5.74, 6) is 2.40. The second kappa shape index (κ2) is 8.17. The zero-order valence-electron chi connectivity index (χ0n) is 13.5. The third-order valence-corrected chi connectivity index (χ3v) is 4.19. The summed E-state index contributed by atoms with van der Waals surface area (Å²) in [6.45, 7) is 4.26. The monoisotopic (exact) mass is 320 g/mol. The van der Waals surface area contributed by atoms with Crippen molar-refractivity contribution in [2.45, 2.75) is 39.2 Å². The first-order chi connectivity index (χ1) is 10.6. The van der Waals surface area contributed by atoms with Gasteiger partial charge in [-0.15, -0.1) is 10.2 Å².